The Hall–Kier alpha value is -0.830. The molecule has 14 heavy (non-hydrogen) atoms. The molecular formula is C11H13ClO2. The molecule has 76 valence electrons. The average Bonchev–Trinajstić information content (AvgIpc) is 2.20. The fourth-order valence-electron chi connectivity index (χ4n) is 0.985. The van der Waals surface area contributed by atoms with Gasteiger partial charge in [-0.25, -0.2) is 0 Å². The maximum Gasteiger partial charge on any atom is 0.146 e. The van der Waals surface area contributed by atoms with Crippen molar-refractivity contribution in [1.82, 2.24) is 0 Å². The molecular weight excluding hydrogens is 200 g/mol. The van der Waals surface area contributed by atoms with Gasteiger partial charge in [-0.05, 0) is 11.6 Å². The molecule has 0 saturated heterocycles. The standard InChI is InChI=1S/C11H13ClO2/c1-13-9-14-8-4-6-10-5-2-3-7-11(10)12/h2-7H,8-9H2,1H3/b6-4+. The number of halogens is 1. The van der Waals surface area contributed by atoms with E-state index >= 15 is 0 Å². The summed E-state index contributed by atoms with van der Waals surface area (Å²) in [7, 11) is 1.60. The third kappa shape index (κ3) is 3.92. The van der Waals surface area contributed by atoms with Crippen LogP contribution >= 0.6 is 11.6 Å². The van der Waals surface area contributed by atoms with Crippen molar-refractivity contribution >= 4 is 17.7 Å². The highest BCUT2D eigenvalue weighted by atomic mass is 35.5. The van der Waals surface area contributed by atoms with E-state index in [1.807, 2.05) is 36.4 Å². The topological polar surface area (TPSA) is 18.5 Å². The summed E-state index contributed by atoms with van der Waals surface area (Å²) in [6, 6.07) is 7.66. The molecule has 1 aromatic carbocycles. The molecule has 0 amide bonds. The van der Waals surface area contributed by atoms with Crippen LogP contribution in [0.3, 0.4) is 0 Å². The molecule has 0 bridgehead atoms. The Bertz CT molecular complexity index is 297. The first kappa shape index (κ1) is 11.2. The molecule has 0 aliphatic heterocycles. The molecule has 0 aliphatic rings. The summed E-state index contributed by atoms with van der Waals surface area (Å²) in [5.74, 6) is 0. The van der Waals surface area contributed by atoms with Gasteiger partial charge in [0.2, 0.25) is 0 Å². The lowest BCUT2D eigenvalue weighted by molar-refractivity contribution is -0.0184. The highest BCUT2D eigenvalue weighted by Gasteiger charge is 1.91. The molecule has 0 spiro atoms. The van der Waals surface area contributed by atoms with Gasteiger partial charge in [-0.3, -0.25) is 0 Å². The fraction of sp³-hybridized carbons (Fsp3) is 0.273. The van der Waals surface area contributed by atoms with Crippen molar-refractivity contribution in [3.05, 3.63) is 40.9 Å². The van der Waals surface area contributed by atoms with Gasteiger partial charge in [0.1, 0.15) is 6.79 Å². The molecule has 0 aromatic heterocycles. The monoisotopic (exact) mass is 212 g/mol. The van der Waals surface area contributed by atoms with Crippen molar-refractivity contribution in [2.45, 2.75) is 0 Å². The number of methoxy groups -OCH3 is 1. The van der Waals surface area contributed by atoms with Crippen molar-refractivity contribution in [3.8, 4) is 0 Å². The number of hydrogen-bond donors (Lipinski definition) is 0. The molecule has 0 saturated carbocycles. The third-order valence-electron chi connectivity index (χ3n) is 1.62. The van der Waals surface area contributed by atoms with Crippen molar-refractivity contribution in [2.24, 2.45) is 0 Å². The van der Waals surface area contributed by atoms with Crippen LogP contribution in [0.5, 0.6) is 0 Å². The van der Waals surface area contributed by atoms with E-state index in [2.05, 4.69) is 0 Å². The smallest absolute Gasteiger partial charge is 0.146 e. The van der Waals surface area contributed by atoms with Gasteiger partial charge in [0.15, 0.2) is 0 Å². The van der Waals surface area contributed by atoms with Crippen molar-refractivity contribution in [2.75, 3.05) is 20.5 Å². The lowest BCUT2D eigenvalue weighted by Gasteiger charge is -1.98. The van der Waals surface area contributed by atoms with Gasteiger partial charge in [0.25, 0.3) is 0 Å². The van der Waals surface area contributed by atoms with Crippen LogP contribution in [-0.4, -0.2) is 20.5 Å². The van der Waals surface area contributed by atoms with Crippen molar-refractivity contribution < 1.29 is 9.47 Å². The van der Waals surface area contributed by atoms with Crippen LogP contribution in [0.15, 0.2) is 30.3 Å². The summed E-state index contributed by atoms with van der Waals surface area (Å²) in [4.78, 5) is 0. The predicted octanol–water partition coefficient (Wildman–Crippen LogP) is 2.97. The first-order valence-corrected chi connectivity index (χ1v) is 4.70. The molecule has 0 aliphatic carbocycles. The maximum atomic E-state index is 5.95. The van der Waals surface area contributed by atoms with Crippen molar-refractivity contribution in [1.29, 1.82) is 0 Å². The fourth-order valence-corrected chi connectivity index (χ4v) is 1.18. The highest BCUT2D eigenvalue weighted by molar-refractivity contribution is 6.32. The summed E-state index contributed by atoms with van der Waals surface area (Å²) < 4.78 is 9.83. The lowest BCUT2D eigenvalue weighted by Crippen LogP contribution is -1.95. The quantitative estimate of drug-likeness (QED) is 0.552. The Balaban J connectivity index is 2.40. The average molecular weight is 213 g/mol. The van der Waals surface area contributed by atoms with Gasteiger partial charge < -0.3 is 9.47 Å². The predicted molar refractivity (Wildman–Crippen MR) is 58.3 cm³/mol. The Morgan fingerprint density at radius 1 is 1.36 bits per heavy atom. The second kappa shape index (κ2) is 6.60. The second-order valence-electron chi connectivity index (χ2n) is 2.70. The molecule has 0 radical (unpaired) electrons. The maximum absolute atomic E-state index is 5.95. The van der Waals surface area contributed by atoms with Crippen LogP contribution in [0.25, 0.3) is 6.08 Å². The zero-order valence-electron chi connectivity index (χ0n) is 8.07. The minimum Gasteiger partial charge on any atom is -0.359 e. The molecule has 0 atom stereocenters. The normalized spacial score (nSPS) is 11.0. The van der Waals surface area contributed by atoms with Gasteiger partial charge in [-0.2, -0.15) is 0 Å². The number of benzene rings is 1. The van der Waals surface area contributed by atoms with Gasteiger partial charge in [-0.1, -0.05) is 42.0 Å². The largest absolute Gasteiger partial charge is 0.359 e. The highest BCUT2D eigenvalue weighted by Crippen LogP contribution is 2.15. The van der Waals surface area contributed by atoms with Crippen LogP contribution in [0.4, 0.5) is 0 Å². The molecule has 0 heterocycles. The Morgan fingerprint density at radius 2 is 2.14 bits per heavy atom. The number of rotatable bonds is 5. The van der Waals surface area contributed by atoms with Crippen LogP contribution in [0.1, 0.15) is 5.56 Å². The van der Waals surface area contributed by atoms with Crippen LogP contribution in [-0.2, 0) is 9.47 Å². The minimum absolute atomic E-state index is 0.312. The molecule has 0 fully saturated rings. The van der Waals surface area contributed by atoms with Gasteiger partial charge in [0.05, 0.1) is 6.61 Å². The lowest BCUT2D eigenvalue weighted by atomic mass is 10.2. The summed E-state index contributed by atoms with van der Waals surface area (Å²) in [5.41, 5.74) is 0.996. The van der Waals surface area contributed by atoms with Gasteiger partial charge >= 0.3 is 0 Å². The molecule has 3 heteroatoms. The van der Waals surface area contributed by atoms with Crippen molar-refractivity contribution in [3.63, 3.8) is 0 Å². The Morgan fingerprint density at radius 3 is 2.86 bits per heavy atom. The van der Waals surface area contributed by atoms with E-state index in [1.54, 1.807) is 7.11 Å². The van der Waals surface area contributed by atoms with E-state index in [-0.39, 0.29) is 0 Å². The molecule has 0 N–H and O–H groups in total. The third-order valence-corrected chi connectivity index (χ3v) is 1.96. The molecule has 2 nitrogen and oxygen atoms in total. The summed E-state index contributed by atoms with van der Waals surface area (Å²) in [5, 5.41) is 0.746. The summed E-state index contributed by atoms with van der Waals surface area (Å²) in [6.07, 6.45) is 3.83. The van der Waals surface area contributed by atoms with Gasteiger partial charge in [-0.15, -0.1) is 0 Å². The first-order chi connectivity index (χ1) is 6.84. The van der Waals surface area contributed by atoms with E-state index in [0.717, 1.165) is 10.6 Å². The molecule has 1 aromatic rings. The van der Waals surface area contributed by atoms with Crippen LogP contribution in [0, 0.1) is 0 Å². The van der Waals surface area contributed by atoms with Crippen LogP contribution in [0.2, 0.25) is 5.02 Å². The summed E-state index contributed by atoms with van der Waals surface area (Å²) >= 11 is 5.95. The van der Waals surface area contributed by atoms with Gasteiger partial charge in [0, 0.05) is 12.1 Å². The molecule has 0 unspecified atom stereocenters. The Labute approximate surface area is 89.1 Å². The van der Waals surface area contributed by atoms with E-state index in [4.69, 9.17) is 21.1 Å². The zero-order valence-corrected chi connectivity index (χ0v) is 8.83. The van der Waals surface area contributed by atoms with E-state index in [9.17, 15) is 0 Å². The van der Waals surface area contributed by atoms with E-state index < -0.39 is 0 Å². The van der Waals surface area contributed by atoms with Crippen LogP contribution < -0.4 is 0 Å². The first-order valence-electron chi connectivity index (χ1n) is 4.32. The SMILES string of the molecule is COCOC/C=C/c1ccccc1Cl. The number of hydrogen-bond acceptors (Lipinski definition) is 2. The van der Waals surface area contributed by atoms with E-state index in [0.29, 0.717) is 13.4 Å². The summed E-state index contributed by atoms with van der Waals surface area (Å²) in [6.45, 7) is 0.839. The molecule has 1 rings (SSSR count). The Kier molecular flexibility index (Phi) is 5.30. The number of ether oxygens (including phenoxy) is 2. The zero-order chi connectivity index (χ0) is 10.2. The second-order valence-corrected chi connectivity index (χ2v) is 3.11. The minimum atomic E-state index is 0.312. The van der Waals surface area contributed by atoms with E-state index in [1.165, 1.54) is 0 Å².